The Bertz CT molecular complexity index is 683. The molecule has 0 fully saturated rings. The highest BCUT2D eigenvalue weighted by Gasteiger charge is 2.15. The van der Waals surface area contributed by atoms with Gasteiger partial charge in [0.15, 0.2) is 0 Å². The van der Waals surface area contributed by atoms with Crippen LogP contribution >= 0.6 is 0 Å². The van der Waals surface area contributed by atoms with Gasteiger partial charge in [0.1, 0.15) is 5.75 Å². The van der Waals surface area contributed by atoms with Crippen LogP contribution in [0.25, 0.3) is 0 Å². The molecule has 120 valence electrons. The van der Waals surface area contributed by atoms with Crippen molar-refractivity contribution in [1.29, 1.82) is 0 Å². The van der Waals surface area contributed by atoms with Gasteiger partial charge in [-0.1, -0.05) is 30.3 Å². The van der Waals surface area contributed by atoms with Gasteiger partial charge in [-0.05, 0) is 24.1 Å². The zero-order valence-corrected chi connectivity index (χ0v) is 12.8. The van der Waals surface area contributed by atoms with E-state index in [9.17, 15) is 14.9 Å². The van der Waals surface area contributed by atoms with Gasteiger partial charge in [-0.3, -0.25) is 14.9 Å². The molecule has 0 unspecified atom stereocenters. The lowest BCUT2D eigenvalue weighted by Gasteiger charge is -2.07. The molecule has 0 bridgehead atoms. The minimum Gasteiger partial charge on any atom is -0.497 e. The van der Waals surface area contributed by atoms with Gasteiger partial charge in [0.25, 0.3) is 5.69 Å². The molecule has 0 aliphatic heterocycles. The summed E-state index contributed by atoms with van der Waals surface area (Å²) >= 11 is 0. The molecule has 0 aromatic heterocycles. The van der Waals surface area contributed by atoms with Gasteiger partial charge in [0.2, 0.25) is 5.91 Å². The lowest BCUT2D eigenvalue weighted by molar-refractivity contribution is -0.385. The Morgan fingerprint density at radius 2 is 1.87 bits per heavy atom. The predicted octanol–water partition coefficient (Wildman–Crippen LogP) is 2.50. The number of ether oxygens (including phenoxy) is 1. The van der Waals surface area contributed by atoms with Gasteiger partial charge in [-0.15, -0.1) is 0 Å². The van der Waals surface area contributed by atoms with E-state index in [1.165, 1.54) is 6.07 Å². The van der Waals surface area contributed by atoms with Gasteiger partial charge in [-0.2, -0.15) is 0 Å². The Balaban J connectivity index is 1.84. The molecular formula is C17H18N2O4. The minimum absolute atomic E-state index is 0.000232. The first-order valence-corrected chi connectivity index (χ1v) is 7.22. The van der Waals surface area contributed by atoms with Crippen LogP contribution < -0.4 is 10.1 Å². The van der Waals surface area contributed by atoms with Gasteiger partial charge >= 0.3 is 0 Å². The molecule has 6 nitrogen and oxygen atoms in total. The van der Waals surface area contributed by atoms with E-state index in [2.05, 4.69) is 5.32 Å². The van der Waals surface area contributed by atoms with Crippen molar-refractivity contribution in [1.82, 2.24) is 5.32 Å². The maximum atomic E-state index is 11.9. The third-order valence-corrected chi connectivity index (χ3v) is 3.43. The van der Waals surface area contributed by atoms with Crippen LogP contribution in [0.1, 0.15) is 11.1 Å². The van der Waals surface area contributed by atoms with Crippen molar-refractivity contribution < 1.29 is 14.5 Å². The highest BCUT2D eigenvalue weighted by atomic mass is 16.6. The molecule has 0 heterocycles. The average molecular weight is 314 g/mol. The fourth-order valence-electron chi connectivity index (χ4n) is 2.21. The second-order valence-corrected chi connectivity index (χ2v) is 5.01. The maximum Gasteiger partial charge on any atom is 0.273 e. The molecule has 0 spiro atoms. The summed E-state index contributed by atoms with van der Waals surface area (Å²) in [6.45, 7) is 0.478. The van der Waals surface area contributed by atoms with E-state index in [-0.39, 0.29) is 18.0 Å². The number of nitrogens with one attached hydrogen (secondary N) is 1. The highest BCUT2D eigenvalue weighted by molar-refractivity contribution is 5.79. The fourth-order valence-corrected chi connectivity index (χ4v) is 2.21. The number of rotatable bonds is 7. The van der Waals surface area contributed by atoms with Crippen LogP contribution in [0.15, 0.2) is 48.5 Å². The number of amides is 1. The van der Waals surface area contributed by atoms with Crippen LogP contribution in [-0.2, 0) is 17.6 Å². The molecule has 0 saturated heterocycles. The van der Waals surface area contributed by atoms with E-state index in [0.29, 0.717) is 18.5 Å². The molecule has 1 N–H and O–H groups in total. The Kier molecular flexibility index (Phi) is 5.68. The Hall–Kier alpha value is -2.89. The predicted molar refractivity (Wildman–Crippen MR) is 86.5 cm³/mol. The van der Waals surface area contributed by atoms with Crippen molar-refractivity contribution in [2.45, 2.75) is 12.8 Å². The van der Waals surface area contributed by atoms with E-state index in [1.807, 2.05) is 24.3 Å². The van der Waals surface area contributed by atoms with Crippen molar-refractivity contribution >= 4 is 11.6 Å². The van der Waals surface area contributed by atoms with E-state index >= 15 is 0 Å². The Labute approximate surface area is 134 Å². The lowest BCUT2D eigenvalue weighted by Crippen LogP contribution is -2.27. The first kappa shape index (κ1) is 16.5. The van der Waals surface area contributed by atoms with Crippen molar-refractivity contribution in [3.05, 3.63) is 69.8 Å². The molecule has 0 aliphatic rings. The number of nitro benzene ring substituents is 1. The zero-order chi connectivity index (χ0) is 16.7. The number of benzene rings is 2. The maximum absolute atomic E-state index is 11.9. The monoisotopic (exact) mass is 314 g/mol. The molecular weight excluding hydrogens is 296 g/mol. The van der Waals surface area contributed by atoms with E-state index < -0.39 is 4.92 Å². The normalized spacial score (nSPS) is 10.1. The number of hydrogen-bond acceptors (Lipinski definition) is 4. The van der Waals surface area contributed by atoms with Crippen molar-refractivity contribution in [2.24, 2.45) is 0 Å². The number of para-hydroxylation sites is 1. The SMILES string of the molecule is COc1ccc(CCNC(=O)Cc2ccccc2[N+](=O)[O-])cc1. The summed E-state index contributed by atoms with van der Waals surface area (Å²) < 4.78 is 5.08. The van der Waals surface area contributed by atoms with Crippen molar-refractivity contribution in [3.8, 4) is 5.75 Å². The number of methoxy groups -OCH3 is 1. The first-order chi connectivity index (χ1) is 11.1. The standard InChI is InChI=1S/C17H18N2O4/c1-23-15-8-6-13(7-9-15)10-11-18-17(20)12-14-4-2-3-5-16(14)19(21)22/h2-9H,10-12H2,1H3,(H,18,20). The van der Waals surface area contributed by atoms with Crippen LogP contribution in [0.5, 0.6) is 5.75 Å². The number of carbonyl (C=O) groups is 1. The van der Waals surface area contributed by atoms with Crippen molar-refractivity contribution in [2.75, 3.05) is 13.7 Å². The largest absolute Gasteiger partial charge is 0.497 e. The number of nitro groups is 1. The third kappa shape index (κ3) is 4.81. The molecule has 0 aliphatic carbocycles. The van der Waals surface area contributed by atoms with Gasteiger partial charge in [-0.25, -0.2) is 0 Å². The summed E-state index contributed by atoms with van der Waals surface area (Å²) in [7, 11) is 1.61. The number of nitrogens with zero attached hydrogens (tertiary/aromatic N) is 1. The molecule has 2 rings (SSSR count). The summed E-state index contributed by atoms with van der Waals surface area (Å²) in [4.78, 5) is 22.4. The molecule has 0 radical (unpaired) electrons. The average Bonchev–Trinajstić information content (AvgIpc) is 2.56. The zero-order valence-electron chi connectivity index (χ0n) is 12.8. The van der Waals surface area contributed by atoms with Gasteiger partial charge in [0, 0.05) is 18.2 Å². The molecule has 0 saturated carbocycles. The summed E-state index contributed by atoms with van der Waals surface area (Å²) in [5.41, 5.74) is 1.47. The molecule has 2 aromatic carbocycles. The fraction of sp³-hybridized carbons (Fsp3) is 0.235. The van der Waals surface area contributed by atoms with E-state index in [4.69, 9.17) is 4.74 Å². The quantitative estimate of drug-likeness (QED) is 0.629. The molecule has 2 aromatic rings. The van der Waals surface area contributed by atoms with E-state index in [1.54, 1.807) is 25.3 Å². The summed E-state index contributed by atoms with van der Waals surface area (Å²) in [5.74, 6) is 0.557. The molecule has 6 heteroatoms. The second kappa shape index (κ2) is 7.93. The van der Waals surface area contributed by atoms with E-state index in [0.717, 1.165) is 11.3 Å². The van der Waals surface area contributed by atoms with Crippen LogP contribution in [0, 0.1) is 10.1 Å². The third-order valence-electron chi connectivity index (χ3n) is 3.43. The topological polar surface area (TPSA) is 81.5 Å². The lowest BCUT2D eigenvalue weighted by atomic mass is 10.1. The highest BCUT2D eigenvalue weighted by Crippen LogP contribution is 2.18. The smallest absolute Gasteiger partial charge is 0.273 e. The molecule has 23 heavy (non-hydrogen) atoms. The first-order valence-electron chi connectivity index (χ1n) is 7.22. The second-order valence-electron chi connectivity index (χ2n) is 5.01. The van der Waals surface area contributed by atoms with Crippen LogP contribution in [-0.4, -0.2) is 24.5 Å². The van der Waals surface area contributed by atoms with Crippen molar-refractivity contribution in [3.63, 3.8) is 0 Å². The number of carbonyl (C=O) groups excluding carboxylic acids is 1. The minimum atomic E-state index is -0.472. The molecule has 0 atom stereocenters. The number of hydrogen-bond donors (Lipinski definition) is 1. The Morgan fingerprint density at radius 3 is 2.52 bits per heavy atom. The summed E-state index contributed by atoms with van der Waals surface area (Å²) in [5, 5.41) is 13.7. The Morgan fingerprint density at radius 1 is 1.17 bits per heavy atom. The van der Waals surface area contributed by atoms with Gasteiger partial charge < -0.3 is 10.1 Å². The summed E-state index contributed by atoms with van der Waals surface area (Å²) in [6.07, 6.45) is 0.687. The van der Waals surface area contributed by atoms with Crippen LogP contribution in [0.3, 0.4) is 0 Å². The van der Waals surface area contributed by atoms with Gasteiger partial charge in [0.05, 0.1) is 18.5 Å². The summed E-state index contributed by atoms with van der Waals surface area (Å²) in [6, 6.07) is 13.9. The van der Waals surface area contributed by atoms with Crippen LogP contribution in [0.2, 0.25) is 0 Å². The van der Waals surface area contributed by atoms with Crippen LogP contribution in [0.4, 0.5) is 5.69 Å². The molecule has 1 amide bonds.